The van der Waals surface area contributed by atoms with Crippen LogP contribution in [0.5, 0.6) is 0 Å². The lowest BCUT2D eigenvalue weighted by atomic mass is 10.0. The van der Waals surface area contributed by atoms with Gasteiger partial charge >= 0.3 is 0 Å². The lowest BCUT2D eigenvalue weighted by molar-refractivity contribution is 0.0172. The molecular weight excluding hydrogens is 384 g/mol. The summed E-state index contributed by atoms with van der Waals surface area (Å²) in [6, 6.07) is 12.9. The first-order valence-corrected chi connectivity index (χ1v) is 10.9. The van der Waals surface area contributed by atoms with E-state index in [1.54, 1.807) is 12.1 Å². The van der Waals surface area contributed by atoms with E-state index in [0.29, 0.717) is 18.2 Å². The zero-order chi connectivity index (χ0) is 19.4. The molecule has 7 heteroatoms. The van der Waals surface area contributed by atoms with Gasteiger partial charge in [0.15, 0.2) is 0 Å². The number of halogens is 1. The van der Waals surface area contributed by atoms with Crippen LogP contribution in [-0.2, 0) is 14.8 Å². The van der Waals surface area contributed by atoms with Crippen molar-refractivity contribution in [1.82, 2.24) is 9.62 Å². The van der Waals surface area contributed by atoms with E-state index < -0.39 is 10.0 Å². The van der Waals surface area contributed by atoms with Gasteiger partial charge in [0.05, 0.1) is 18.1 Å². The van der Waals surface area contributed by atoms with Crippen LogP contribution in [0.4, 0.5) is 0 Å². The van der Waals surface area contributed by atoms with Crippen molar-refractivity contribution in [2.24, 2.45) is 0 Å². The average Bonchev–Trinajstić information content (AvgIpc) is 2.65. The van der Waals surface area contributed by atoms with Crippen LogP contribution in [0.3, 0.4) is 0 Å². The maximum absolute atomic E-state index is 12.8. The van der Waals surface area contributed by atoms with Crippen LogP contribution in [-0.4, -0.2) is 46.2 Å². The number of benzene rings is 2. The van der Waals surface area contributed by atoms with E-state index in [-0.39, 0.29) is 17.5 Å². The molecule has 0 amide bonds. The van der Waals surface area contributed by atoms with Crippen LogP contribution in [0.25, 0.3) is 0 Å². The third kappa shape index (κ3) is 5.09. The van der Waals surface area contributed by atoms with Crippen molar-refractivity contribution < 1.29 is 13.2 Å². The van der Waals surface area contributed by atoms with E-state index in [0.717, 1.165) is 29.8 Å². The van der Waals surface area contributed by atoms with Crippen LogP contribution in [0.1, 0.15) is 22.7 Å². The Bertz CT molecular complexity index is 896. The van der Waals surface area contributed by atoms with Gasteiger partial charge in [-0.15, -0.1) is 0 Å². The first-order chi connectivity index (χ1) is 12.9. The molecule has 2 aromatic carbocycles. The summed E-state index contributed by atoms with van der Waals surface area (Å²) in [6.45, 7) is 7.03. The number of hydrogen-bond acceptors (Lipinski definition) is 4. The molecule has 1 unspecified atom stereocenters. The van der Waals surface area contributed by atoms with Crippen LogP contribution < -0.4 is 4.72 Å². The third-order valence-corrected chi connectivity index (χ3v) is 6.66. The fourth-order valence-electron chi connectivity index (χ4n) is 3.24. The van der Waals surface area contributed by atoms with Crippen LogP contribution >= 0.6 is 11.6 Å². The SMILES string of the molecule is Cc1cccc(C(CNS(=O)(=O)c2ccc(C)c(Cl)c2)N2CCOCC2)c1. The smallest absolute Gasteiger partial charge is 0.240 e. The zero-order valence-corrected chi connectivity index (χ0v) is 17.2. The largest absolute Gasteiger partial charge is 0.379 e. The monoisotopic (exact) mass is 408 g/mol. The van der Waals surface area contributed by atoms with Crippen molar-refractivity contribution in [3.8, 4) is 0 Å². The van der Waals surface area contributed by atoms with E-state index in [1.807, 2.05) is 32.0 Å². The van der Waals surface area contributed by atoms with Gasteiger partial charge in [-0.3, -0.25) is 4.90 Å². The Morgan fingerprint density at radius 3 is 2.56 bits per heavy atom. The highest BCUT2D eigenvalue weighted by molar-refractivity contribution is 7.89. The highest BCUT2D eigenvalue weighted by Crippen LogP contribution is 2.24. The molecule has 1 N–H and O–H groups in total. The molecule has 1 saturated heterocycles. The highest BCUT2D eigenvalue weighted by Gasteiger charge is 2.25. The second-order valence-corrected chi connectivity index (χ2v) is 9.02. The summed E-state index contributed by atoms with van der Waals surface area (Å²) in [6.07, 6.45) is 0. The van der Waals surface area contributed by atoms with Gasteiger partial charge in [-0.2, -0.15) is 0 Å². The highest BCUT2D eigenvalue weighted by atomic mass is 35.5. The molecule has 0 radical (unpaired) electrons. The fourth-order valence-corrected chi connectivity index (χ4v) is 4.55. The van der Waals surface area contributed by atoms with Gasteiger partial charge in [0.25, 0.3) is 0 Å². The molecule has 27 heavy (non-hydrogen) atoms. The predicted octanol–water partition coefficient (Wildman–Crippen LogP) is 3.31. The molecular formula is C20H25ClN2O3S. The predicted molar refractivity (Wildman–Crippen MR) is 108 cm³/mol. The quantitative estimate of drug-likeness (QED) is 0.796. The van der Waals surface area contributed by atoms with Crippen molar-refractivity contribution >= 4 is 21.6 Å². The number of morpholine rings is 1. The summed E-state index contributed by atoms with van der Waals surface area (Å²) in [7, 11) is -3.64. The molecule has 1 fully saturated rings. The van der Waals surface area contributed by atoms with Crippen molar-refractivity contribution in [1.29, 1.82) is 0 Å². The Morgan fingerprint density at radius 2 is 1.89 bits per heavy atom. The Kier molecular flexibility index (Phi) is 6.55. The summed E-state index contributed by atoms with van der Waals surface area (Å²) in [5, 5.41) is 0.446. The number of rotatable bonds is 6. The molecule has 0 bridgehead atoms. The maximum atomic E-state index is 12.8. The second kappa shape index (κ2) is 8.71. The Morgan fingerprint density at radius 1 is 1.15 bits per heavy atom. The first-order valence-electron chi connectivity index (χ1n) is 9.01. The summed E-state index contributed by atoms with van der Waals surface area (Å²) in [4.78, 5) is 2.45. The summed E-state index contributed by atoms with van der Waals surface area (Å²) < 4.78 is 33.8. The van der Waals surface area contributed by atoms with Crippen LogP contribution in [0.15, 0.2) is 47.4 Å². The molecule has 146 valence electrons. The van der Waals surface area contributed by atoms with Crippen molar-refractivity contribution in [2.45, 2.75) is 24.8 Å². The topological polar surface area (TPSA) is 58.6 Å². The molecule has 0 aliphatic carbocycles. The van der Waals surface area contributed by atoms with E-state index in [2.05, 4.69) is 15.7 Å². The minimum absolute atomic E-state index is 0.0514. The minimum Gasteiger partial charge on any atom is -0.379 e. The Balaban J connectivity index is 1.82. The van der Waals surface area contributed by atoms with Gasteiger partial charge in [-0.05, 0) is 37.1 Å². The van der Waals surface area contributed by atoms with Crippen molar-refractivity contribution in [2.75, 3.05) is 32.8 Å². The van der Waals surface area contributed by atoms with Crippen LogP contribution in [0.2, 0.25) is 5.02 Å². The second-order valence-electron chi connectivity index (χ2n) is 6.84. The molecule has 1 aliphatic rings. The molecule has 0 aromatic heterocycles. The normalized spacial score (nSPS) is 17.0. The molecule has 1 heterocycles. The number of sulfonamides is 1. The van der Waals surface area contributed by atoms with Gasteiger partial charge < -0.3 is 4.74 Å². The standard InChI is InChI=1S/C20H25ClN2O3S/c1-15-4-3-5-17(12-15)20(23-8-10-26-11-9-23)14-22-27(24,25)18-7-6-16(2)19(21)13-18/h3-7,12-13,20,22H,8-11,14H2,1-2H3. The molecule has 3 rings (SSSR count). The van der Waals surface area contributed by atoms with Crippen molar-refractivity contribution in [3.63, 3.8) is 0 Å². The number of hydrogen-bond donors (Lipinski definition) is 1. The van der Waals surface area contributed by atoms with E-state index >= 15 is 0 Å². The summed E-state index contributed by atoms with van der Waals surface area (Å²) >= 11 is 6.10. The van der Waals surface area contributed by atoms with Gasteiger partial charge in [0.1, 0.15) is 0 Å². The van der Waals surface area contributed by atoms with Crippen LogP contribution in [0, 0.1) is 13.8 Å². The average molecular weight is 409 g/mol. The third-order valence-electron chi connectivity index (χ3n) is 4.83. The Labute approximate surface area is 166 Å². The van der Waals surface area contributed by atoms with Gasteiger partial charge in [-0.25, -0.2) is 13.1 Å². The lowest BCUT2D eigenvalue weighted by Crippen LogP contribution is -2.43. The molecule has 5 nitrogen and oxygen atoms in total. The van der Waals surface area contributed by atoms with E-state index in [9.17, 15) is 8.42 Å². The lowest BCUT2D eigenvalue weighted by Gasteiger charge is -2.35. The summed E-state index contributed by atoms with van der Waals surface area (Å²) in [5.74, 6) is 0. The number of ether oxygens (including phenoxy) is 1. The molecule has 0 spiro atoms. The molecule has 1 aliphatic heterocycles. The zero-order valence-electron chi connectivity index (χ0n) is 15.6. The molecule has 1 atom stereocenters. The van der Waals surface area contributed by atoms with E-state index in [4.69, 9.17) is 16.3 Å². The first kappa shape index (κ1) is 20.3. The van der Waals surface area contributed by atoms with E-state index in [1.165, 1.54) is 6.07 Å². The van der Waals surface area contributed by atoms with Gasteiger partial charge in [0.2, 0.25) is 10.0 Å². The number of nitrogens with zero attached hydrogens (tertiary/aromatic N) is 1. The summed E-state index contributed by atoms with van der Waals surface area (Å²) in [5.41, 5.74) is 3.10. The number of nitrogens with one attached hydrogen (secondary N) is 1. The molecule has 0 saturated carbocycles. The molecule has 2 aromatic rings. The number of aryl methyl sites for hydroxylation is 2. The Hall–Kier alpha value is -1.44. The van der Waals surface area contributed by atoms with Crippen molar-refractivity contribution in [3.05, 3.63) is 64.2 Å². The van der Waals surface area contributed by atoms with Gasteiger partial charge in [-0.1, -0.05) is 47.5 Å². The fraction of sp³-hybridized carbons (Fsp3) is 0.400. The maximum Gasteiger partial charge on any atom is 0.240 e. The minimum atomic E-state index is -3.64. The van der Waals surface area contributed by atoms with Gasteiger partial charge in [0, 0.05) is 30.7 Å².